The monoisotopic (exact) mass is 464 g/mol. The number of nitrogens with zero attached hydrogens (tertiary/aromatic N) is 2. The van der Waals surface area contributed by atoms with Gasteiger partial charge in [-0.25, -0.2) is 4.99 Å². The van der Waals surface area contributed by atoms with E-state index in [0.717, 1.165) is 23.6 Å². The number of carbonyl (C=O) groups is 1. The quantitative estimate of drug-likeness (QED) is 0.349. The first-order valence-corrected chi connectivity index (χ1v) is 7.95. The van der Waals surface area contributed by atoms with E-state index in [1.54, 1.807) is 33.2 Å². The molecule has 0 aromatic heterocycles. The molecule has 0 heterocycles. The molecule has 0 fully saturated rings. The lowest BCUT2D eigenvalue weighted by molar-refractivity contribution is -0.128. The molecule has 0 aliphatic carbocycles. The van der Waals surface area contributed by atoms with Crippen LogP contribution in [0.2, 0.25) is 0 Å². The molecule has 2 N–H and O–H groups in total. The summed E-state index contributed by atoms with van der Waals surface area (Å²) in [5, 5.41) is 6.33. The van der Waals surface area contributed by atoms with Crippen LogP contribution in [0.5, 0.6) is 11.5 Å². The zero-order valence-electron chi connectivity index (χ0n) is 15.6. The lowest BCUT2D eigenvalue weighted by Crippen LogP contribution is -2.39. The first-order valence-electron chi connectivity index (χ1n) is 7.95. The number of hydrogen-bond acceptors (Lipinski definition) is 4. The highest BCUT2D eigenvalue weighted by atomic mass is 127. The summed E-state index contributed by atoms with van der Waals surface area (Å²) < 4.78 is 10.6. The molecule has 1 amide bonds. The highest BCUT2D eigenvalue weighted by Crippen LogP contribution is 2.25. The van der Waals surface area contributed by atoms with E-state index in [1.807, 2.05) is 25.1 Å². The minimum Gasteiger partial charge on any atom is -0.497 e. The topological polar surface area (TPSA) is 75.2 Å². The van der Waals surface area contributed by atoms with E-state index >= 15 is 0 Å². The third-order valence-electron chi connectivity index (χ3n) is 3.38. The highest BCUT2D eigenvalue weighted by Gasteiger charge is 2.07. The van der Waals surface area contributed by atoms with Gasteiger partial charge in [-0.1, -0.05) is 0 Å². The Kier molecular flexibility index (Phi) is 11.8. The minimum atomic E-state index is 0. The Balaban J connectivity index is 0.00000576. The van der Waals surface area contributed by atoms with Crippen molar-refractivity contribution in [2.24, 2.45) is 4.99 Å². The molecule has 1 aromatic carbocycles. The molecule has 0 saturated heterocycles. The molecule has 1 aromatic rings. The fourth-order valence-corrected chi connectivity index (χ4v) is 2.00. The molecule has 0 radical (unpaired) electrons. The Bertz CT molecular complexity index is 565. The molecule has 1 rings (SSSR count). The number of methoxy groups -OCH3 is 2. The van der Waals surface area contributed by atoms with E-state index in [-0.39, 0.29) is 29.9 Å². The van der Waals surface area contributed by atoms with Crippen LogP contribution in [0.15, 0.2) is 23.2 Å². The average molecular weight is 464 g/mol. The number of carbonyl (C=O) groups excluding carboxylic acids is 1. The lowest BCUT2D eigenvalue weighted by Gasteiger charge is -2.14. The maximum Gasteiger partial charge on any atom is 0.223 e. The van der Waals surface area contributed by atoms with E-state index in [9.17, 15) is 4.79 Å². The summed E-state index contributed by atoms with van der Waals surface area (Å²) in [5.74, 6) is 2.22. The molecular formula is C17H29IN4O3. The predicted molar refractivity (Wildman–Crippen MR) is 111 cm³/mol. The number of amides is 1. The van der Waals surface area contributed by atoms with Gasteiger partial charge in [0.2, 0.25) is 5.91 Å². The number of guanidine groups is 1. The van der Waals surface area contributed by atoms with Gasteiger partial charge in [-0.05, 0) is 19.1 Å². The fraction of sp³-hybridized carbons (Fsp3) is 0.529. The predicted octanol–water partition coefficient (Wildman–Crippen LogP) is 1.86. The summed E-state index contributed by atoms with van der Waals surface area (Å²) in [6.07, 6.45) is 0.420. The van der Waals surface area contributed by atoms with Crippen molar-refractivity contribution in [3.05, 3.63) is 23.8 Å². The number of rotatable bonds is 8. The van der Waals surface area contributed by atoms with Gasteiger partial charge in [0.25, 0.3) is 0 Å². The molecule has 0 spiro atoms. The third kappa shape index (κ3) is 8.28. The summed E-state index contributed by atoms with van der Waals surface area (Å²) in [7, 11) is 6.74. The van der Waals surface area contributed by atoms with Crippen molar-refractivity contribution in [1.82, 2.24) is 15.5 Å². The molecule has 7 nitrogen and oxygen atoms in total. The molecule has 25 heavy (non-hydrogen) atoms. The van der Waals surface area contributed by atoms with Crippen molar-refractivity contribution in [3.8, 4) is 11.5 Å². The van der Waals surface area contributed by atoms with E-state index in [0.29, 0.717) is 25.5 Å². The molecule has 8 heteroatoms. The van der Waals surface area contributed by atoms with Crippen LogP contribution in [0.3, 0.4) is 0 Å². The van der Waals surface area contributed by atoms with Crippen molar-refractivity contribution in [2.75, 3.05) is 41.4 Å². The van der Waals surface area contributed by atoms with Crippen LogP contribution in [-0.2, 0) is 11.3 Å². The van der Waals surface area contributed by atoms with E-state index in [2.05, 4.69) is 15.6 Å². The van der Waals surface area contributed by atoms with Crippen LogP contribution in [0, 0.1) is 0 Å². The zero-order valence-corrected chi connectivity index (χ0v) is 17.9. The van der Waals surface area contributed by atoms with Crippen LogP contribution in [0.4, 0.5) is 0 Å². The second kappa shape index (κ2) is 12.6. The van der Waals surface area contributed by atoms with Crippen molar-refractivity contribution >= 4 is 35.8 Å². The van der Waals surface area contributed by atoms with E-state index in [4.69, 9.17) is 9.47 Å². The fourth-order valence-electron chi connectivity index (χ4n) is 2.00. The zero-order chi connectivity index (χ0) is 17.9. The number of nitrogens with one attached hydrogen (secondary N) is 2. The molecule has 0 saturated carbocycles. The summed E-state index contributed by atoms with van der Waals surface area (Å²) in [6.45, 7) is 3.73. The SMILES string of the molecule is CCNC(=NCc1ccc(OC)cc1OC)NCCC(=O)N(C)C.I. The number of benzene rings is 1. The first-order chi connectivity index (χ1) is 11.5. The molecule has 0 bridgehead atoms. The van der Waals surface area contributed by atoms with Gasteiger partial charge in [0.05, 0.1) is 20.8 Å². The third-order valence-corrected chi connectivity index (χ3v) is 3.38. The van der Waals surface area contributed by atoms with Gasteiger partial charge in [0.1, 0.15) is 11.5 Å². The Morgan fingerprint density at radius 2 is 1.92 bits per heavy atom. The maximum absolute atomic E-state index is 11.6. The summed E-state index contributed by atoms with van der Waals surface area (Å²) in [5.41, 5.74) is 0.958. The minimum absolute atomic E-state index is 0. The standard InChI is InChI=1S/C17H28N4O3.HI/c1-6-18-17(19-10-9-16(22)21(2)3)20-12-13-7-8-14(23-4)11-15(13)24-5;/h7-8,11H,6,9-10,12H2,1-5H3,(H2,18,19,20);1H. The molecular weight excluding hydrogens is 435 g/mol. The lowest BCUT2D eigenvalue weighted by atomic mass is 10.2. The van der Waals surface area contributed by atoms with Gasteiger partial charge in [-0.15, -0.1) is 24.0 Å². The first kappa shape index (κ1) is 23.3. The highest BCUT2D eigenvalue weighted by molar-refractivity contribution is 14.0. The Hall–Kier alpha value is -1.71. The average Bonchev–Trinajstić information content (AvgIpc) is 2.59. The Morgan fingerprint density at radius 1 is 1.20 bits per heavy atom. The van der Waals surface area contributed by atoms with Crippen LogP contribution in [-0.4, -0.2) is 58.2 Å². The van der Waals surface area contributed by atoms with Gasteiger partial charge in [-0.3, -0.25) is 4.79 Å². The van der Waals surface area contributed by atoms with Gasteiger partial charge in [0, 0.05) is 45.2 Å². The van der Waals surface area contributed by atoms with Crippen molar-refractivity contribution in [1.29, 1.82) is 0 Å². The van der Waals surface area contributed by atoms with Gasteiger partial charge in [-0.2, -0.15) is 0 Å². The van der Waals surface area contributed by atoms with E-state index < -0.39 is 0 Å². The van der Waals surface area contributed by atoms with Crippen LogP contribution < -0.4 is 20.1 Å². The summed E-state index contributed by atoms with van der Waals surface area (Å²) in [4.78, 5) is 17.7. The maximum atomic E-state index is 11.6. The largest absolute Gasteiger partial charge is 0.497 e. The van der Waals surface area contributed by atoms with Crippen molar-refractivity contribution in [2.45, 2.75) is 19.9 Å². The molecule has 0 atom stereocenters. The molecule has 0 unspecified atom stereocenters. The van der Waals surface area contributed by atoms with Crippen molar-refractivity contribution < 1.29 is 14.3 Å². The number of hydrogen-bond donors (Lipinski definition) is 2. The van der Waals surface area contributed by atoms with Crippen LogP contribution in [0.25, 0.3) is 0 Å². The number of halogens is 1. The van der Waals surface area contributed by atoms with Crippen LogP contribution in [0.1, 0.15) is 18.9 Å². The van der Waals surface area contributed by atoms with E-state index in [1.165, 1.54) is 0 Å². The Labute approximate surface area is 167 Å². The normalized spacial score (nSPS) is 10.5. The smallest absolute Gasteiger partial charge is 0.223 e. The second-order valence-corrected chi connectivity index (χ2v) is 5.34. The van der Waals surface area contributed by atoms with Gasteiger partial charge >= 0.3 is 0 Å². The summed E-state index contributed by atoms with van der Waals surface area (Å²) in [6, 6.07) is 5.64. The number of ether oxygens (including phenoxy) is 2. The van der Waals surface area contributed by atoms with Gasteiger partial charge < -0.3 is 25.0 Å². The molecule has 142 valence electrons. The molecule has 0 aliphatic heterocycles. The molecule has 0 aliphatic rings. The van der Waals surface area contributed by atoms with Crippen molar-refractivity contribution in [3.63, 3.8) is 0 Å². The summed E-state index contributed by atoms with van der Waals surface area (Å²) >= 11 is 0. The van der Waals surface area contributed by atoms with Crippen LogP contribution >= 0.6 is 24.0 Å². The Morgan fingerprint density at radius 3 is 2.48 bits per heavy atom. The van der Waals surface area contributed by atoms with Gasteiger partial charge in [0.15, 0.2) is 5.96 Å². The number of aliphatic imine (C=N–C) groups is 1. The second-order valence-electron chi connectivity index (χ2n) is 5.34.